The molecule has 3 rings (SSSR count). The van der Waals surface area contributed by atoms with E-state index in [-0.39, 0.29) is 18.1 Å². The first-order valence-electron chi connectivity index (χ1n) is 8.48. The molecule has 0 aliphatic carbocycles. The van der Waals surface area contributed by atoms with Crippen molar-refractivity contribution in [1.82, 2.24) is 14.7 Å². The van der Waals surface area contributed by atoms with Crippen molar-refractivity contribution in [3.05, 3.63) is 71.5 Å². The quantitative estimate of drug-likeness (QED) is 0.691. The first-order chi connectivity index (χ1) is 13.5. The summed E-state index contributed by atoms with van der Waals surface area (Å²) in [7, 11) is 3.00. The Hall–Kier alpha value is -3.32. The van der Waals surface area contributed by atoms with E-state index in [0.717, 1.165) is 5.69 Å². The molecule has 0 fully saturated rings. The number of likely N-dealkylation sites (N-methyl/N-ethyl adjacent to an activating group) is 1. The number of amides is 2. The molecule has 2 amide bonds. The minimum absolute atomic E-state index is 0.129. The third-order valence-electron chi connectivity index (χ3n) is 3.96. The van der Waals surface area contributed by atoms with Crippen LogP contribution < -0.4 is 10.1 Å². The number of halogens is 1. The number of hydrogen-bond acceptors (Lipinski definition) is 4. The van der Waals surface area contributed by atoms with E-state index in [9.17, 15) is 9.59 Å². The summed E-state index contributed by atoms with van der Waals surface area (Å²) in [4.78, 5) is 26.3. The zero-order valence-electron chi connectivity index (χ0n) is 15.4. The van der Waals surface area contributed by atoms with Gasteiger partial charge in [0.1, 0.15) is 0 Å². The lowest BCUT2D eigenvalue weighted by Crippen LogP contribution is -2.35. The van der Waals surface area contributed by atoms with Crippen LogP contribution in [0.5, 0.6) is 5.75 Å². The highest BCUT2D eigenvalue weighted by atomic mass is 35.5. The summed E-state index contributed by atoms with van der Waals surface area (Å²) >= 11 is 5.91. The van der Waals surface area contributed by atoms with E-state index in [0.29, 0.717) is 16.5 Å². The summed E-state index contributed by atoms with van der Waals surface area (Å²) in [5.74, 6) is -0.441. The fourth-order valence-corrected chi connectivity index (χ4v) is 2.79. The number of para-hydroxylation sites is 1. The van der Waals surface area contributed by atoms with Crippen LogP contribution in [0, 0.1) is 0 Å². The summed E-state index contributed by atoms with van der Waals surface area (Å²) in [5, 5.41) is 7.54. The van der Waals surface area contributed by atoms with Gasteiger partial charge < -0.3 is 15.0 Å². The highest BCUT2D eigenvalue weighted by Crippen LogP contribution is 2.21. The molecule has 28 heavy (non-hydrogen) atoms. The number of carbonyl (C=O) groups is 2. The molecule has 1 aromatic heterocycles. The average molecular weight is 399 g/mol. The van der Waals surface area contributed by atoms with E-state index in [2.05, 4.69) is 10.4 Å². The Morgan fingerprint density at radius 3 is 2.61 bits per heavy atom. The first kappa shape index (κ1) is 19.4. The van der Waals surface area contributed by atoms with Gasteiger partial charge in [-0.3, -0.25) is 9.59 Å². The van der Waals surface area contributed by atoms with Crippen molar-refractivity contribution in [2.45, 2.75) is 0 Å². The lowest BCUT2D eigenvalue weighted by Gasteiger charge is -2.16. The molecule has 0 aliphatic heterocycles. The standard InChI is InChI=1S/C20H19ClN4O3/c1-24(13-18(26)22-15-8-6-7-14(21)11-15)20(27)19-17(28-2)12-25(23-19)16-9-4-3-5-10-16/h3-12H,13H2,1-2H3,(H,22,26). The highest BCUT2D eigenvalue weighted by molar-refractivity contribution is 6.30. The summed E-state index contributed by atoms with van der Waals surface area (Å²) in [5.41, 5.74) is 1.48. The minimum Gasteiger partial charge on any atom is -0.493 e. The lowest BCUT2D eigenvalue weighted by molar-refractivity contribution is -0.116. The molecule has 0 spiro atoms. The Morgan fingerprint density at radius 1 is 1.18 bits per heavy atom. The number of methoxy groups -OCH3 is 1. The molecule has 0 radical (unpaired) electrons. The number of nitrogens with one attached hydrogen (secondary N) is 1. The molecular formula is C20H19ClN4O3. The molecule has 0 atom stereocenters. The number of ether oxygens (including phenoxy) is 1. The van der Waals surface area contributed by atoms with Gasteiger partial charge in [0.15, 0.2) is 11.4 Å². The largest absolute Gasteiger partial charge is 0.493 e. The molecule has 1 N–H and O–H groups in total. The molecule has 0 saturated heterocycles. The number of nitrogens with zero attached hydrogens (tertiary/aromatic N) is 3. The van der Waals surface area contributed by atoms with E-state index in [1.165, 1.54) is 19.1 Å². The van der Waals surface area contributed by atoms with Gasteiger partial charge in [-0.15, -0.1) is 0 Å². The molecular weight excluding hydrogens is 380 g/mol. The Labute approximate surface area is 167 Å². The van der Waals surface area contributed by atoms with Gasteiger partial charge >= 0.3 is 0 Å². The van der Waals surface area contributed by atoms with Gasteiger partial charge in [-0.1, -0.05) is 35.9 Å². The van der Waals surface area contributed by atoms with Crippen LogP contribution in [-0.4, -0.2) is 47.2 Å². The third-order valence-corrected chi connectivity index (χ3v) is 4.19. The van der Waals surface area contributed by atoms with Gasteiger partial charge in [0.05, 0.1) is 25.5 Å². The van der Waals surface area contributed by atoms with Gasteiger partial charge in [0.25, 0.3) is 5.91 Å². The maximum atomic E-state index is 12.8. The van der Waals surface area contributed by atoms with Crippen LogP contribution in [0.25, 0.3) is 5.69 Å². The number of aromatic nitrogens is 2. The molecule has 1 heterocycles. The number of hydrogen-bond donors (Lipinski definition) is 1. The van der Waals surface area contributed by atoms with E-state index < -0.39 is 5.91 Å². The Kier molecular flexibility index (Phi) is 5.96. The van der Waals surface area contributed by atoms with Crippen LogP contribution in [0.4, 0.5) is 5.69 Å². The predicted molar refractivity (Wildman–Crippen MR) is 107 cm³/mol. The van der Waals surface area contributed by atoms with E-state index in [1.807, 2.05) is 30.3 Å². The molecule has 0 saturated carbocycles. The van der Waals surface area contributed by atoms with Crippen molar-refractivity contribution in [3.8, 4) is 11.4 Å². The molecule has 0 bridgehead atoms. The molecule has 7 nitrogen and oxygen atoms in total. The number of rotatable bonds is 6. The second-order valence-corrected chi connectivity index (χ2v) is 6.48. The number of anilines is 1. The Balaban J connectivity index is 1.72. The van der Waals surface area contributed by atoms with Crippen LogP contribution >= 0.6 is 11.6 Å². The van der Waals surface area contributed by atoms with Crippen molar-refractivity contribution in [2.24, 2.45) is 0 Å². The summed E-state index contributed by atoms with van der Waals surface area (Å²) in [6.45, 7) is -0.146. The van der Waals surface area contributed by atoms with Crippen LogP contribution in [0.2, 0.25) is 5.02 Å². The SMILES string of the molecule is COc1cn(-c2ccccc2)nc1C(=O)N(C)CC(=O)Nc1cccc(Cl)c1. The number of carbonyl (C=O) groups excluding carboxylic acids is 2. The van der Waals surface area contributed by atoms with Crippen LogP contribution in [0.15, 0.2) is 60.8 Å². The molecule has 144 valence electrons. The van der Waals surface area contributed by atoms with E-state index in [4.69, 9.17) is 16.3 Å². The Bertz CT molecular complexity index is 988. The zero-order valence-corrected chi connectivity index (χ0v) is 16.2. The highest BCUT2D eigenvalue weighted by Gasteiger charge is 2.23. The van der Waals surface area contributed by atoms with Gasteiger partial charge in [0, 0.05) is 17.8 Å². The Morgan fingerprint density at radius 2 is 1.93 bits per heavy atom. The number of benzene rings is 2. The zero-order chi connectivity index (χ0) is 20.1. The van der Waals surface area contributed by atoms with Gasteiger partial charge in [-0.05, 0) is 30.3 Å². The normalized spacial score (nSPS) is 10.4. The van der Waals surface area contributed by atoms with Crippen LogP contribution in [-0.2, 0) is 4.79 Å². The molecule has 0 aliphatic rings. The van der Waals surface area contributed by atoms with Gasteiger partial charge in [0.2, 0.25) is 5.91 Å². The minimum atomic E-state index is -0.423. The van der Waals surface area contributed by atoms with Crippen molar-refractivity contribution in [3.63, 3.8) is 0 Å². The van der Waals surface area contributed by atoms with Crippen molar-refractivity contribution < 1.29 is 14.3 Å². The van der Waals surface area contributed by atoms with Gasteiger partial charge in [-0.25, -0.2) is 4.68 Å². The second kappa shape index (κ2) is 8.58. The van der Waals surface area contributed by atoms with Crippen molar-refractivity contribution in [1.29, 1.82) is 0 Å². The van der Waals surface area contributed by atoms with E-state index >= 15 is 0 Å². The molecule has 0 unspecified atom stereocenters. The lowest BCUT2D eigenvalue weighted by atomic mass is 10.3. The van der Waals surface area contributed by atoms with Gasteiger partial charge in [-0.2, -0.15) is 5.10 Å². The second-order valence-electron chi connectivity index (χ2n) is 6.05. The van der Waals surface area contributed by atoms with Crippen LogP contribution in [0.1, 0.15) is 10.5 Å². The monoisotopic (exact) mass is 398 g/mol. The predicted octanol–water partition coefficient (Wildman–Crippen LogP) is 3.25. The summed E-state index contributed by atoms with van der Waals surface area (Å²) < 4.78 is 6.85. The summed E-state index contributed by atoms with van der Waals surface area (Å²) in [6.07, 6.45) is 1.63. The fourth-order valence-electron chi connectivity index (χ4n) is 2.60. The smallest absolute Gasteiger partial charge is 0.278 e. The van der Waals surface area contributed by atoms with Crippen molar-refractivity contribution >= 4 is 29.1 Å². The van der Waals surface area contributed by atoms with E-state index in [1.54, 1.807) is 35.1 Å². The average Bonchev–Trinajstić information content (AvgIpc) is 3.12. The topological polar surface area (TPSA) is 76.5 Å². The first-order valence-corrected chi connectivity index (χ1v) is 8.85. The van der Waals surface area contributed by atoms with Crippen molar-refractivity contribution in [2.75, 3.05) is 26.0 Å². The summed E-state index contributed by atoms with van der Waals surface area (Å²) in [6, 6.07) is 16.2. The van der Waals surface area contributed by atoms with Crippen LogP contribution in [0.3, 0.4) is 0 Å². The third kappa shape index (κ3) is 4.50. The fraction of sp³-hybridized carbons (Fsp3) is 0.150. The maximum Gasteiger partial charge on any atom is 0.278 e. The maximum absolute atomic E-state index is 12.8. The molecule has 3 aromatic rings. The molecule has 8 heteroatoms. The molecule has 2 aromatic carbocycles.